The molecule has 1 heterocycles. The fourth-order valence-corrected chi connectivity index (χ4v) is 1.40. The fourth-order valence-electron chi connectivity index (χ4n) is 1.40. The SMILES string of the molecule is CC#CCNCc1cc(C#N)n(C)c1C. The van der Waals surface area contributed by atoms with Crippen LogP contribution in [-0.4, -0.2) is 11.1 Å². The Bertz CT molecular complexity index is 438. The summed E-state index contributed by atoms with van der Waals surface area (Å²) in [5.41, 5.74) is 2.99. The van der Waals surface area contributed by atoms with Gasteiger partial charge in [-0.3, -0.25) is 0 Å². The molecule has 0 bridgehead atoms. The molecule has 3 nitrogen and oxygen atoms in total. The number of nitriles is 1. The molecule has 0 saturated heterocycles. The minimum Gasteiger partial charge on any atom is -0.340 e. The van der Waals surface area contributed by atoms with Crippen molar-refractivity contribution >= 4 is 0 Å². The molecule has 78 valence electrons. The maximum Gasteiger partial charge on any atom is 0.120 e. The van der Waals surface area contributed by atoms with Crippen molar-refractivity contribution in [1.29, 1.82) is 5.26 Å². The molecule has 1 aromatic rings. The van der Waals surface area contributed by atoms with E-state index >= 15 is 0 Å². The lowest BCUT2D eigenvalue weighted by atomic mass is 10.2. The van der Waals surface area contributed by atoms with Crippen LogP contribution in [0.4, 0.5) is 0 Å². The first-order valence-corrected chi connectivity index (χ1v) is 4.86. The van der Waals surface area contributed by atoms with E-state index < -0.39 is 0 Å². The van der Waals surface area contributed by atoms with Crippen LogP contribution < -0.4 is 5.32 Å². The average molecular weight is 201 g/mol. The van der Waals surface area contributed by atoms with E-state index in [1.54, 1.807) is 0 Å². The molecule has 1 rings (SSSR count). The van der Waals surface area contributed by atoms with Gasteiger partial charge in [0.05, 0.1) is 6.54 Å². The summed E-state index contributed by atoms with van der Waals surface area (Å²) in [5, 5.41) is 12.1. The van der Waals surface area contributed by atoms with Crippen LogP contribution in [0.15, 0.2) is 6.07 Å². The van der Waals surface area contributed by atoms with E-state index in [9.17, 15) is 0 Å². The van der Waals surface area contributed by atoms with Crippen molar-refractivity contribution in [2.45, 2.75) is 20.4 Å². The lowest BCUT2D eigenvalue weighted by molar-refractivity contribution is 0.756. The van der Waals surface area contributed by atoms with Gasteiger partial charge in [-0.25, -0.2) is 0 Å². The summed E-state index contributed by atoms with van der Waals surface area (Å²) in [4.78, 5) is 0. The van der Waals surface area contributed by atoms with Crippen LogP contribution in [-0.2, 0) is 13.6 Å². The summed E-state index contributed by atoms with van der Waals surface area (Å²) in [6.45, 7) is 5.29. The summed E-state index contributed by atoms with van der Waals surface area (Å²) in [5.74, 6) is 5.77. The lowest BCUT2D eigenvalue weighted by Crippen LogP contribution is -2.13. The van der Waals surface area contributed by atoms with Crippen molar-refractivity contribution in [1.82, 2.24) is 9.88 Å². The maximum atomic E-state index is 8.85. The second-order valence-corrected chi connectivity index (χ2v) is 3.34. The van der Waals surface area contributed by atoms with Gasteiger partial charge in [-0.15, -0.1) is 5.92 Å². The highest BCUT2D eigenvalue weighted by molar-refractivity contribution is 5.34. The van der Waals surface area contributed by atoms with E-state index in [4.69, 9.17) is 5.26 Å². The van der Waals surface area contributed by atoms with Crippen molar-refractivity contribution in [2.24, 2.45) is 7.05 Å². The molecule has 0 spiro atoms. The van der Waals surface area contributed by atoms with E-state index in [0.29, 0.717) is 12.2 Å². The summed E-state index contributed by atoms with van der Waals surface area (Å²) in [6, 6.07) is 4.08. The number of hydrogen-bond acceptors (Lipinski definition) is 2. The summed E-state index contributed by atoms with van der Waals surface area (Å²) >= 11 is 0. The van der Waals surface area contributed by atoms with Gasteiger partial charge in [0, 0.05) is 19.3 Å². The Morgan fingerprint density at radius 2 is 2.27 bits per heavy atom. The van der Waals surface area contributed by atoms with Gasteiger partial charge in [0.25, 0.3) is 0 Å². The highest BCUT2D eigenvalue weighted by Gasteiger charge is 2.07. The summed E-state index contributed by atoms with van der Waals surface area (Å²) in [7, 11) is 1.91. The normalized spacial score (nSPS) is 9.20. The van der Waals surface area contributed by atoms with E-state index in [0.717, 1.165) is 17.8 Å². The largest absolute Gasteiger partial charge is 0.340 e. The van der Waals surface area contributed by atoms with Gasteiger partial charge in [-0.1, -0.05) is 5.92 Å². The Labute approximate surface area is 90.7 Å². The smallest absolute Gasteiger partial charge is 0.120 e. The number of nitrogens with one attached hydrogen (secondary N) is 1. The average Bonchev–Trinajstić information content (AvgIpc) is 2.52. The lowest BCUT2D eigenvalue weighted by Gasteiger charge is -2.01. The summed E-state index contributed by atoms with van der Waals surface area (Å²) in [6.07, 6.45) is 0. The van der Waals surface area contributed by atoms with E-state index in [1.807, 2.05) is 31.5 Å². The molecule has 0 saturated carbocycles. The predicted molar refractivity (Wildman–Crippen MR) is 60.0 cm³/mol. The molecular formula is C12H15N3. The van der Waals surface area contributed by atoms with E-state index in [-0.39, 0.29) is 0 Å². The summed E-state index contributed by atoms with van der Waals surface area (Å²) < 4.78 is 1.91. The predicted octanol–water partition coefficient (Wildman–Crippen LogP) is 1.32. The van der Waals surface area contributed by atoms with Gasteiger partial charge in [-0.05, 0) is 25.5 Å². The fraction of sp³-hybridized carbons (Fsp3) is 0.417. The Kier molecular flexibility index (Phi) is 3.97. The Hall–Kier alpha value is -1.71. The van der Waals surface area contributed by atoms with Crippen LogP contribution in [0.2, 0.25) is 0 Å². The zero-order valence-electron chi connectivity index (χ0n) is 9.39. The Morgan fingerprint density at radius 3 is 2.80 bits per heavy atom. The van der Waals surface area contributed by atoms with Crippen LogP contribution in [0.5, 0.6) is 0 Å². The second-order valence-electron chi connectivity index (χ2n) is 3.34. The molecule has 0 aromatic carbocycles. The topological polar surface area (TPSA) is 40.8 Å². The van der Waals surface area contributed by atoms with Crippen molar-refractivity contribution < 1.29 is 0 Å². The Balaban J connectivity index is 2.69. The van der Waals surface area contributed by atoms with Crippen LogP contribution in [0, 0.1) is 30.1 Å². The molecule has 0 aliphatic heterocycles. The van der Waals surface area contributed by atoms with Gasteiger partial charge in [-0.2, -0.15) is 5.26 Å². The van der Waals surface area contributed by atoms with Gasteiger partial charge in [0.15, 0.2) is 0 Å². The number of aromatic nitrogens is 1. The third-order valence-electron chi connectivity index (χ3n) is 2.46. The minimum absolute atomic E-state index is 0.687. The third-order valence-corrected chi connectivity index (χ3v) is 2.46. The maximum absolute atomic E-state index is 8.85. The standard InChI is InChI=1S/C12H15N3/c1-4-5-6-14-9-11-7-12(8-13)15(3)10(11)2/h7,14H,6,9H2,1-3H3. The molecule has 0 unspecified atom stereocenters. The molecule has 0 aliphatic carbocycles. The Morgan fingerprint density at radius 1 is 1.53 bits per heavy atom. The van der Waals surface area contributed by atoms with Crippen LogP contribution in [0.3, 0.4) is 0 Å². The molecule has 15 heavy (non-hydrogen) atoms. The molecule has 1 N–H and O–H groups in total. The van der Waals surface area contributed by atoms with Crippen molar-refractivity contribution in [3.8, 4) is 17.9 Å². The monoisotopic (exact) mass is 201 g/mol. The molecule has 0 fully saturated rings. The number of nitrogens with zero attached hydrogens (tertiary/aromatic N) is 2. The first-order chi connectivity index (χ1) is 7.20. The second kappa shape index (κ2) is 5.24. The van der Waals surface area contributed by atoms with Crippen LogP contribution in [0.25, 0.3) is 0 Å². The molecule has 0 radical (unpaired) electrons. The van der Waals surface area contributed by atoms with Crippen LogP contribution >= 0.6 is 0 Å². The van der Waals surface area contributed by atoms with Gasteiger partial charge in [0.2, 0.25) is 0 Å². The van der Waals surface area contributed by atoms with Crippen molar-refractivity contribution in [3.05, 3.63) is 23.0 Å². The van der Waals surface area contributed by atoms with E-state index in [2.05, 4.69) is 23.2 Å². The molecule has 0 aliphatic rings. The quantitative estimate of drug-likeness (QED) is 0.592. The molecular weight excluding hydrogens is 186 g/mol. The van der Waals surface area contributed by atoms with Gasteiger partial charge < -0.3 is 9.88 Å². The number of hydrogen-bond donors (Lipinski definition) is 1. The third kappa shape index (κ3) is 2.62. The molecule has 3 heteroatoms. The van der Waals surface area contributed by atoms with Crippen molar-refractivity contribution in [2.75, 3.05) is 6.54 Å². The van der Waals surface area contributed by atoms with E-state index in [1.165, 1.54) is 0 Å². The highest BCUT2D eigenvalue weighted by Crippen LogP contribution is 2.12. The zero-order valence-corrected chi connectivity index (χ0v) is 9.39. The van der Waals surface area contributed by atoms with Crippen LogP contribution in [0.1, 0.15) is 23.9 Å². The number of rotatable bonds is 3. The molecule has 0 amide bonds. The van der Waals surface area contributed by atoms with Gasteiger partial charge >= 0.3 is 0 Å². The van der Waals surface area contributed by atoms with Gasteiger partial charge in [0.1, 0.15) is 11.8 Å². The highest BCUT2D eigenvalue weighted by atomic mass is 15.0. The zero-order chi connectivity index (χ0) is 11.3. The minimum atomic E-state index is 0.687. The molecule has 1 aromatic heterocycles. The first-order valence-electron chi connectivity index (χ1n) is 4.86. The molecule has 0 atom stereocenters. The first kappa shape index (κ1) is 11.4. The van der Waals surface area contributed by atoms with Crippen molar-refractivity contribution in [3.63, 3.8) is 0 Å².